The molecule has 0 aliphatic rings. The van der Waals surface area contributed by atoms with Gasteiger partial charge in [0.05, 0.1) is 6.04 Å². The molecule has 3 N–H and O–H groups in total. The number of hydrogen-bond donors (Lipinski definition) is 2. The van der Waals surface area contributed by atoms with Gasteiger partial charge in [0.1, 0.15) is 17.5 Å². The lowest BCUT2D eigenvalue weighted by Gasteiger charge is -2.18. The summed E-state index contributed by atoms with van der Waals surface area (Å²) in [5.41, 5.74) is 2.60. The van der Waals surface area contributed by atoms with E-state index in [1.54, 1.807) is 6.20 Å². The Morgan fingerprint density at radius 3 is 2.65 bits per heavy atom. The smallest absolute Gasteiger partial charge is 0.129 e. The van der Waals surface area contributed by atoms with E-state index in [9.17, 15) is 8.78 Å². The lowest BCUT2D eigenvalue weighted by Crippen LogP contribution is -2.32. The second-order valence-corrected chi connectivity index (χ2v) is 4.60. The monoisotopic (exact) mass is 280 g/mol. The normalized spacial score (nSPS) is 12.6. The van der Waals surface area contributed by atoms with Crippen molar-refractivity contribution in [2.75, 3.05) is 0 Å². The van der Waals surface area contributed by atoms with Gasteiger partial charge in [-0.2, -0.15) is 0 Å². The molecule has 0 fully saturated rings. The van der Waals surface area contributed by atoms with Gasteiger partial charge < -0.3 is 4.57 Å². The highest BCUT2D eigenvalue weighted by Crippen LogP contribution is 2.21. The molecule has 6 heteroatoms. The van der Waals surface area contributed by atoms with E-state index in [1.807, 2.05) is 17.7 Å². The molecule has 2 rings (SSSR count). The van der Waals surface area contributed by atoms with Crippen molar-refractivity contribution in [2.24, 2.45) is 5.84 Å². The maximum absolute atomic E-state index is 13.7. The molecule has 0 saturated carbocycles. The van der Waals surface area contributed by atoms with Crippen LogP contribution < -0.4 is 11.3 Å². The van der Waals surface area contributed by atoms with Crippen molar-refractivity contribution in [1.29, 1.82) is 0 Å². The second kappa shape index (κ2) is 6.58. The molecule has 1 atom stereocenters. The van der Waals surface area contributed by atoms with Gasteiger partial charge in [-0.25, -0.2) is 19.2 Å². The fraction of sp³-hybridized carbons (Fsp3) is 0.357. The maximum Gasteiger partial charge on any atom is 0.129 e. The van der Waals surface area contributed by atoms with E-state index in [0.29, 0.717) is 5.82 Å². The van der Waals surface area contributed by atoms with E-state index in [2.05, 4.69) is 10.4 Å². The number of aryl methyl sites for hydroxylation is 1. The van der Waals surface area contributed by atoms with E-state index < -0.39 is 17.7 Å². The molecule has 0 saturated heterocycles. The summed E-state index contributed by atoms with van der Waals surface area (Å²) in [7, 11) is 0. The molecule has 0 amide bonds. The van der Waals surface area contributed by atoms with Crippen molar-refractivity contribution in [3.8, 4) is 0 Å². The summed E-state index contributed by atoms with van der Waals surface area (Å²) in [6.45, 7) is 2.83. The first-order valence-electron chi connectivity index (χ1n) is 6.57. The highest BCUT2D eigenvalue weighted by Gasteiger charge is 2.20. The summed E-state index contributed by atoms with van der Waals surface area (Å²) >= 11 is 0. The molecule has 0 radical (unpaired) electrons. The summed E-state index contributed by atoms with van der Waals surface area (Å²) in [5, 5.41) is 0. The minimum atomic E-state index is -0.571. The van der Waals surface area contributed by atoms with Gasteiger partial charge in [0.2, 0.25) is 0 Å². The number of hydrazine groups is 1. The third-order valence-corrected chi connectivity index (χ3v) is 3.19. The van der Waals surface area contributed by atoms with Gasteiger partial charge in [-0.05, 0) is 18.6 Å². The standard InChI is InChI=1S/C14H18F2N4/c1-2-7-20-8-6-18-14(20)13(19-17)9-10-11(15)4-3-5-12(10)16/h3-6,8,13,19H,2,7,9,17H2,1H3. The maximum atomic E-state index is 13.7. The third-order valence-electron chi connectivity index (χ3n) is 3.19. The molecule has 1 heterocycles. The van der Waals surface area contributed by atoms with Crippen LogP contribution in [0.25, 0.3) is 0 Å². The average molecular weight is 280 g/mol. The molecule has 0 aliphatic carbocycles. The van der Waals surface area contributed by atoms with Crippen LogP contribution in [-0.2, 0) is 13.0 Å². The van der Waals surface area contributed by atoms with Crippen LogP contribution in [0.15, 0.2) is 30.6 Å². The number of aromatic nitrogens is 2. The van der Waals surface area contributed by atoms with Crippen molar-refractivity contribution < 1.29 is 8.78 Å². The lowest BCUT2D eigenvalue weighted by atomic mass is 10.0. The number of rotatable bonds is 6. The van der Waals surface area contributed by atoms with Crippen molar-refractivity contribution in [1.82, 2.24) is 15.0 Å². The van der Waals surface area contributed by atoms with Crippen LogP contribution in [0.4, 0.5) is 8.78 Å². The quantitative estimate of drug-likeness (QED) is 0.630. The van der Waals surface area contributed by atoms with Crippen LogP contribution in [0.2, 0.25) is 0 Å². The first-order chi connectivity index (χ1) is 9.67. The number of nitrogens with one attached hydrogen (secondary N) is 1. The first kappa shape index (κ1) is 14.6. The number of hydrogen-bond acceptors (Lipinski definition) is 3. The molecular formula is C14H18F2N4. The van der Waals surface area contributed by atoms with E-state index in [4.69, 9.17) is 5.84 Å². The lowest BCUT2D eigenvalue weighted by molar-refractivity contribution is 0.463. The Balaban J connectivity index is 2.27. The fourth-order valence-corrected chi connectivity index (χ4v) is 2.22. The van der Waals surface area contributed by atoms with Crippen molar-refractivity contribution in [3.05, 3.63) is 53.6 Å². The van der Waals surface area contributed by atoms with Crippen molar-refractivity contribution in [2.45, 2.75) is 32.4 Å². The zero-order chi connectivity index (χ0) is 14.5. The van der Waals surface area contributed by atoms with E-state index >= 15 is 0 Å². The van der Waals surface area contributed by atoms with Crippen LogP contribution in [0, 0.1) is 11.6 Å². The van der Waals surface area contributed by atoms with Crippen LogP contribution in [0.1, 0.15) is 30.8 Å². The molecular weight excluding hydrogens is 262 g/mol. The Labute approximate surface area is 116 Å². The first-order valence-corrected chi connectivity index (χ1v) is 6.57. The highest BCUT2D eigenvalue weighted by atomic mass is 19.1. The van der Waals surface area contributed by atoms with Crippen LogP contribution in [-0.4, -0.2) is 9.55 Å². The predicted molar refractivity (Wildman–Crippen MR) is 72.6 cm³/mol. The van der Waals surface area contributed by atoms with Gasteiger partial charge in [-0.3, -0.25) is 5.84 Å². The summed E-state index contributed by atoms with van der Waals surface area (Å²) in [5.74, 6) is 5.07. The fourth-order valence-electron chi connectivity index (χ4n) is 2.22. The molecule has 0 spiro atoms. The molecule has 20 heavy (non-hydrogen) atoms. The highest BCUT2D eigenvalue weighted by molar-refractivity contribution is 5.22. The van der Waals surface area contributed by atoms with Gasteiger partial charge in [-0.15, -0.1) is 0 Å². The van der Waals surface area contributed by atoms with Crippen LogP contribution >= 0.6 is 0 Å². The van der Waals surface area contributed by atoms with Crippen molar-refractivity contribution >= 4 is 0 Å². The Hall–Kier alpha value is -1.79. The molecule has 0 bridgehead atoms. The van der Waals surface area contributed by atoms with Gasteiger partial charge in [0.25, 0.3) is 0 Å². The largest absolute Gasteiger partial charge is 0.334 e. The Bertz CT molecular complexity index is 548. The number of nitrogens with two attached hydrogens (primary N) is 1. The SMILES string of the molecule is CCCn1ccnc1C(Cc1c(F)cccc1F)NN. The number of nitrogens with zero attached hydrogens (tertiary/aromatic N) is 2. The molecule has 2 aromatic rings. The molecule has 1 aromatic carbocycles. The molecule has 0 aliphatic heterocycles. The van der Waals surface area contributed by atoms with Gasteiger partial charge in [0.15, 0.2) is 0 Å². The number of imidazole rings is 1. The summed E-state index contributed by atoms with van der Waals surface area (Å²) in [4.78, 5) is 4.24. The molecule has 1 aromatic heterocycles. The summed E-state index contributed by atoms with van der Waals surface area (Å²) in [6.07, 6.45) is 4.54. The molecule has 1 unspecified atom stereocenters. The topological polar surface area (TPSA) is 55.9 Å². The van der Waals surface area contributed by atoms with E-state index in [0.717, 1.165) is 13.0 Å². The van der Waals surface area contributed by atoms with E-state index in [1.165, 1.54) is 18.2 Å². The van der Waals surface area contributed by atoms with Gasteiger partial charge in [-0.1, -0.05) is 13.0 Å². The Morgan fingerprint density at radius 2 is 2.05 bits per heavy atom. The Kier molecular flexibility index (Phi) is 4.81. The van der Waals surface area contributed by atoms with Crippen LogP contribution in [0.3, 0.4) is 0 Å². The van der Waals surface area contributed by atoms with Gasteiger partial charge >= 0.3 is 0 Å². The summed E-state index contributed by atoms with van der Waals surface area (Å²) in [6, 6.07) is 3.38. The summed E-state index contributed by atoms with van der Waals surface area (Å²) < 4.78 is 29.3. The zero-order valence-electron chi connectivity index (χ0n) is 11.3. The van der Waals surface area contributed by atoms with Crippen LogP contribution in [0.5, 0.6) is 0 Å². The molecule has 4 nitrogen and oxygen atoms in total. The minimum absolute atomic E-state index is 0.0153. The average Bonchev–Trinajstić information content (AvgIpc) is 2.87. The third kappa shape index (κ3) is 3.02. The number of benzene rings is 1. The predicted octanol–water partition coefficient (Wildman–Crippen LogP) is 2.32. The number of halogens is 2. The zero-order valence-corrected chi connectivity index (χ0v) is 11.3. The van der Waals surface area contributed by atoms with E-state index in [-0.39, 0.29) is 12.0 Å². The minimum Gasteiger partial charge on any atom is -0.334 e. The molecule has 108 valence electrons. The van der Waals surface area contributed by atoms with Crippen molar-refractivity contribution in [3.63, 3.8) is 0 Å². The second-order valence-electron chi connectivity index (χ2n) is 4.60. The van der Waals surface area contributed by atoms with Gasteiger partial charge in [0, 0.05) is 30.9 Å². The Morgan fingerprint density at radius 1 is 1.35 bits per heavy atom.